The Hall–Kier alpha value is -4.41. The maximum atomic E-state index is 13.2. The molecule has 0 radical (unpaired) electrons. The van der Waals surface area contributed by atoms with Crippen molar-refractivity contribution in [3.63, 3.8) is 0 Å². The molecule has 172 valence electrons. The number of fused-ring (bicyclic) bond motifs is 3. The van der Waals surface area contributed by atoms with E-state index in [1.165, 1.54) is 11.3 Å². The second-order valence-corrected chi connectivity index (χ2v) is 8.91. The molecule has 35 heavy (non-hydrogen) atoms. The first-order valence-electron chi connectivity index (χ1n) is 11.0. The molecule has 0 N–H and O–H groups in total. The van der Waals surface area contributed by atoms with Crippen LogP contribution >= 0.6 is 11.3 Å². The van der Waals surface area contributed by atoms with Crippen LogP contribution in [-0.4, -0.2) is 16.5 Å². The summed E-state index contributed by atoms with van der Waals surface area (Å²) >= 11 is 1.35. The molecule has 0 saturated carbocycles. The fourth-order valence-corrected chi connectivity index (χ4v) is 5.04. The number of imidazole rings is 1. The molecule has 0 aliphatic carbocycles. The van der Waals surface area contributed by atoms with Crippen molar-refractivity contribution in [2.45, 2.75) is 13.0 Å². The summed E-state index contributed by atoms with van der Waals surface area (Å²) in [6.07, 6.45) is 4.19. The van der Waals surface area contributed by atoms with Gasteiger partial charge in [0.15, 0.2) is 16.5 Å². The minimum atomic E-state index is -0.101. The molecule has 5 aromatic rings. The van der Waals surface area contributed by atoms with Crippen molar-refractivity contribution in [2.24, 2.45) is 0 Å². The molecular formula is C28H21N3O3S. The number of rotatable bonds is 7. The van der Waals surface area contributed by atoms with Crippen molar-refractivity contribution in [1.29, 1.82) is 5.26 Å². The number of para-hydroxylation sites is 2. The monoisotopic (exact) mass is 479 g/mol. The molecule has 0 aliphatic rings. The van der Waals surface area contributed by atoms with Crippen molar-refractivity contribution in [2.75, 3.05) is 7.11 Å². The van der Waals surface area contributed by atoms with Crippen LogP contribution in [0.25, 0.3) is 22.1 Å². The lowest BCUT2D eigenvalue weighted by Gasteiger charge is -2.16. The zero-order valence-corrected chi connectivity index (χ0v) is 19.8. The summed E-state index contributed by atoms with van der Waals surface area (Å²) in [6.45, 7) is 4.10. The van der Waals surface area contributed by atoms with Crippen LogP contribution in [0.3, 0.4) is 0 Å². The van der Waals surface area contributed by atoms with E-state index in [4.69, 9.17) is 9.47 Å². The van der Waals surface area contributed by atoms with Crippen LogP contribution in [0.15, 0.2) is 78.1 Å². The van der Waals surface area contributed by atoms with Crippen molar-refractivity contribution >= 4 is 33.4 Å². The molecule has 0 atom stereocenters. The predicted octanol–water partition coefficient (Wildman–Crippen LogP) is 4.64. The summed E-state index contributed by atoms with van der Waals surface area (Å²) in [5, 5.41) is 9.37. The number of nitrogens with zero attached hydrogens (tertiary/aromatic N) is 3. The lowest BCUT2D eigenvalue weighted by atomic mass is 10.0. The number of hydrogen-bond donors (Lipinski definition) is 0. The summed E-state index contributed by atoms with van der Waals surface area (Å²) in [5.41, 5.74) is 4.55. The molecule has 2 heterocycles. The largest absolute Gasteiger partial charge is 0.493 e. The van der Waals surface area contributed by atoms with Gasteiger partial charge in [0.1, 0.15) is 6.61 Å². The third-order valence-electron chi connectivity index (χ3n) is 5.69. The van der Waals surface area contributed by atoms with E-state index in [2.05, 4.69) is 17.6 Å². The molecule has 5 rings (SSSR count). The van der Waals surface area contributed by atoms with Gasteiger partial charge in [-0.15, -0.1) is 6.58 Å². The Kier molecular flexibility index (Phi) is 6.04. The molecular weight excluding hydrogens is 458 g/mol. The third-order valence-corrected chi connectivity index (χ3v) is 6.66. The Labute approximate surface area is 205 Å². The van der Waals surface area contributed by atoms with E-state index < -0.39 is 0 Å². The number of thiazole rings is 1. The topological polar surface area (TPSA) is 76.6 Å². The Balaban J connectivity index is 1.57. The zero-order chi connectivity index (χ0) is 24.4. The van der Waals surface area contributed by atoms with Gasteiger partial charge in [-0.3, -0.25) is 4.79 Å². The van der Waals surface area contributed by atoms with Crippen molar-refractivity contribution < 1.29 is 9.47 Å². The van der Waals surface area contributed by atoms with E-state index in [-0.39, 0.29) is 12.2 Å². The van der Waals surface area contributed by atoms with Crippen LogP contribution in [0.4, 0.5) is 0 Å². The highest BCUT2D eigenvalue weighted by molar-refractivity contribution is 7.15. The molecule has 0 unspecified atom stereocenters. The van der Waals surface area contributed by atoms with E-state index in [1.807, 2.05) is 60.7 Å². The van der Waals surface area contributed by atoms with Gasteiger partial charge in [-0.2, -0.15) is 5.26 Å². The first-order chi connectivity index (χ1) is 17.1. The molecule has 2 aromatic heterocycles. The van der Waals surface area contributed by atoms with Gasteiger partial charge in [0.05, 0.1) is 34.3 Å². The van der Waals surface area contributed by atoms with E-state index in [0.29, 0.717) is 33.0 Å². The standard InChI is InChI=1S/C28H21N3O3S/c1-3-8-19-13-18(14-24(33-2)26(19)34-17-21-10-5-4-9-20(21)16-29)15-25-27(32)31-23-12-7-6-11-22(23)30-28(31)35-25/h3-7,9-15H,1,8,17H2,2H3/b25-15-. The Morgan fingerprint density at radius 2 is 1.94 bits per heavy atom. The summed E-state index contributed by atoms with van der Waals surface area (Å²) in [6, 6.07) is 20.9. The molecule has 3 aromatic carbocycles. The molecule has 0 fully saturated rings. The first-order valence-corrected chi connectivity index (χ1v) is 11.8. The molecule has 0 amide bonds. The second kappa shape index (κ2) is 9.45. The smallest absolute Gasteiger partial charge is 0.274 e. The van der Waals surface area contributed by atoms with Crippen molar-refractivity contribution in [1.82, 2.24) is 9.38 Å². The minimum absolute atomic E-state index is 0.101. The van der Waals surface area contributed by atoms with Gasteiger partial charge in [-0.1, -0.05) is 47.7 Å². The summed E-state index contributed by atoms with van der Waals surface area (Å²) in [7, 11) is 1.58. The number of aromatic nitrogens is 2. The summed E-state index contributed by atoms with van der Waals surface area (Å²) in [4.78, 5) is 18.4. The van der Waals surface area contributed by atoms with Crippen LogP contribution in [-0.2, 0) is 13.0 Å². The third kappa shape index (κ3) is 4.16. The lowest BCUT2D eigenvalue weighted by molar-refractivity contribution is 0.281. The van der Waals surface area contributed by atoms with Gasteiger partial charge in [0, 0.05) is 11.1 Å². The van der Waals surface area contributed by atoms with Crippen molar-refractivity contribution in [3.8, 4) is 17.6 Å². The van der Waals surface area contributed by atoms with Crippen molar-refractivity contribution in [3.05, 3.63) is 110 Å². The van der Waals surface area contributed by atoms with Crippen LogP contribution in [0.2, 0.25) is 0 Å². The van der Waals surface area contributed by atoms with E-state index in [1.54, 1.807) is 23.7 Å². The number of hydrogen-bond acceptors (Lipinski definition) is 6. The van der Waals surface area contributed by atoms with E-state index >= 15 is 0 Å². The average molecular weight is 480 g/mol. The molecule has 6 nitrogen and oxygen atoms in total. The maximum absolute atomic E-state index is 13.2. The number of benzene rings is 3. The highest BCUT2D eigenvalue weighted by atomic mass is 32.1. The highest BCUT2D eigenvalue weighted by Crippen LogP contribution is 2.34. The molecule has 0 spiro atoms. The SMILES string of the molecule is C=CCc1cc(/C=c2\sc3nc4ccccc4n3c2=O)cc(OC)c1OCc1ccccc1C#N. The number of methoxy groups -OCH3 is 1. The molecule has 0 bridgehead atoms. The first kappa shape index (κ1) is 22.4. The van der Waals surface area contributed by atoms with Crippen LogP contribution in [0, 0.1) is 11.3 Å². The molecule has 0 aliphatic heterocycles. The van der Waals surface area contributed by atoms with Crippen LogP contribution < -0.4 is 19.6 Å². The normalized spacial score (nSPS) is 11.6. The van der Waals surface area contributed by atoms with Gasteiger partial charge in [-0.05, 0) is 48.4 Å². The Morgan fingerprint density at radius 3 is 2.74 bits per heavy atom. The number of ether oxygens (including phenoxy) is 2. The quantitative estimate of drug-likeness (QED) is 0.318. The van der Waals surface area contributed by atoms with Crippen LogP contribution in [0.1, 0.15) is 22.3 Å². The highest BCUT2D eigenvalue weighted by Gasteiger charge is 2.15. The second-order valence-electron chi connectivity index (χ2n) is 7.90. The number of allylic oxidation sites excluding steroid dienone is 1. The van der Waals surface area contributed by atoms with Gasteiger partial charge in [0.2, 0.25) is 0 Å². The molecule has 0 saturated heterocycles. The van der Waals surface area contributed by atoms with Gasteiger partial charge >= 0.3 is 0 Å². The average Bonchev–Trinajstić information content (AvgIpc) is 3.39. The van der Waals surface area contributed by atoms with Gasteiger partial charge in [-0.25, -0.2) is 9.38 Å². The van der Waals surface area contributed by atoms with Crippen LogP contribution in [0.5, 0.6) is 11.5 Å². The summed E-state index contributed by atoms with van der Waals surface area (Å²) in [5.74, 6) is 1.14. The Morgan fingerprint density at radius 1 is 1.14 bits per heavy atom. The zero-order valence-electron chi connectivity index (χ0n) is 19.0. The van der Waals surface area contributed by atoms with Gasteiger partial charge < -0.3 is 9.47 Å². The maximum Gasteiger partial charge on any atom is 0.274 e. The minimum Gasteiger partial charge on any atom is -0.493 e. The fraction of sp³-hybridized carbons (Fsp3) is 0.107. The number of nitriles is 1. The fourth-order valence-electron chi connectivity index (χ4n) is 4.06. The van der Waals surface area contributed by atoms with Gasteiger partial charge in [0.25, 0.3) is 5.56 Å². The molecule has 7 heteroatoms. The van der Waals surface area contributed by atoms with E-state index in [9.17, 15) is 10.1 Å². The van der Waals surface area contributed by atoms with E-state index in [0.717, 1.165) is 27.7 Å². The summed E-state index contributed by atoms with van der Waals surface area (Å²) < 4.78 is 14.0. The Bertz CT molecular complexity index is 1730. The lowest BCUT2D eigenvalue weighted by Crippen LogP contribution is -2.22. The predicted molar refractivity (Wildman–Crippen MR) is 138 cm³/mol.